The molecule has 1 heterocycles. The van der Waals surface area contributed by atoms with Gasteiger partial charge in [0.1, 0.15) is 11.6 Å². The SMILES string of the molecule is COc1c(Br)cc(Br)cc1/C=C/C(=O)Nc1ccc(Br)cn1. The molecular weight excluding hydrogens is 480 g/mol. The van der Waals surface area contributed by atoms with Gasteiger partial charge < -0.3 is 10.1 Å². The zero-order valence-electron chi connectivity index (χ0n) is 11.4. The average Bonchev–Trinajstić information content (AvgIpc) is 2.47. The van der Waals surface area contributed by atoms with Crippen molar-refractivity contribution in [3.63, 3.8) is 0 Å². The number of hydrogen-bond acceptors (Lipinski definition) is 3. The van der Waals surface area contributed by atoms with Crippen molar-refractivity contribution in [3.8, 4) is 5.75 Å². The zero-order valence-corrected chi connectivity index (χ0v) is 16.2. The lowest BCUT2D eigenvalue weighted by Crippen LogP contribution is -2.08. The Morgan fingerprint density at radius 1 is 1.23 bits per heavy atom. The predicted molar refractivity (Wildman–Crippen MR) is 98.0 cm³/mol. The Hall–Kier alpha value is -1.18. The molecule has 2 aromatic rings. The van der Waals surface area contributed by atoms with Gasteiger partial charge in [0, 0.05) is 26.8 Å². The van der Waals surface area contributed by atoms with Crippen molar-refractivity contribution >= 4 is 65.6 Å². The van der Waals surface area contributed by atoms with Gasteiger partial charge in [-0.05, 0) is 62.2 Å². The van der Waals surface area contributed by atoms with E-state index in [1.54, 1.807) is 31.5 Å². The second kappa shape index (κ2) is 7.89. The highest BCUT2D eigenvalue weighted by Gasteiger charge is 2.07. The van der Waals surface area contributed by atoms with Crippen molar-refractivity contribution in [2.24, 2.45) is 0 Å². The summed E-state index contributed by atoms with van der Waals surface area (Å²) in [4.78, 5) is 16.0. The minimum absolute atomic E-state index is 0.270. The van der Waals surface area contributed by atoms with E-state index in [-0.39, 0.29) is 5.91 Å². The molecule has 0 aliphatic heterocycles. The van der Waals surface area contributed by atoms with Crippen LogP contribution in [0.15, 0.2) is 50.0 Å². The molecule has 114 valence electrons. The fourth-order valence-corrected chi connectivity index (χ4v) is 3.36. The maximum absolute atomic E-state index is 11.9. The number of ether oxygens (including phenoxy) is 1. The standard InChI is InChI=1S/C15H11Br3N2O2/c1-22-15-9(6-11(17)7-12(15)18)2-5-14(21)20-13-4-3-10(16)8-19-13/h2-8H,1H3,(H,19,20,21)/b5-2+. The molecule has 22 heavy (non-hydrogen) atoms. The number of anilines is 1. The van der Waals surface area contributed by atoms with E-state index < -0.39 is 0 Å². The van der Waals surface area contributed by atoms with Crippen LogP contribution in [0.1, 0.15) is 5.56 Å². The maximum atomic E-state index is 11.9. The molecule has 0 aliphatic rings. The fourth-order valence-electron chi connectivity index (χ4n) is 1.70. The number of carbonyl (C=O) groups is 1. The Morgan fingerprint density at radius 2 is 2.00 bits per heavy atom. The molecule has 0 saturated carbocycles. The predicted octanol–water partition coefficient (Wildman–Crippen LogP) is 5.03. The first kappa shape index (κ1) is 17.2. The van der Waals surface area contributed by atoms with E-state index in [1.165, 1.54) is 6.08 Å². The van der Waals surface area contributed by atoms with Gasteiger partial charge in [0.25, 0.3) is 0 Å². The number of amides is 1. The third-order valence-electron chi connectivity index (χ3n) is 2.63. The van der Waals surface area contributed by atoms with E-state index in [0.29, 0.717) is 11.6 Å². The third kappa shape index (κ3) is 4.66. The van der Waals surface area contributed by atoms with E-state index in [1.807, 2.05) is 12.1 Å². The Balaban J connectivity index is 2.14. The lowest BCUT2D eigenvalue weighted by Gasteiger charge is -2.08. The number of rotatable bonds is 4. The number of carbonyl (C=O) groups excluding carboxylic acids is 1. The summed E-state index contributed by atoms with van der Waals surface area (Å²) in [7, 11) is 1.58. The molecule has 0 atom stereocenters. The molecule has 4 nitrogen and oxygen atoms in total. The van der Waals surface area contributed by atoms with Gasteiger partial charge in [0.15, 0.2) is 0 Å². The van der Waals surface area contributed by atoms with Crippen LogP contribution in [0.25, 0.3) is 6.08 Å². The Bertz CT molecular complexity index is 715. The molecule has 0 saturated heterocycles. The highest BCUT2D eigenvalue weighted by Crippen LogP contribution is 2.33. The quantitative estimate of drug-likeness (QED) is 0.612. The Labute approximate surface area is 153 Å². The second-order valence-corrected chi connectivity index (χ2v) is 6.88. The summed E-state index contributed by atoms with van der Waals surface area (Å²) >= 11 is 10.1. The summed E-state index contributed by atoms with van der Waals surface area (Å²) < 4.78 is 7.87. The van der Waals surface area contributed by atoms with E-state index in [9.17, 15) is 4.79 Å². The van der Waals surface area contributed by atoms with Crippen molar-refractivity contribution < 1.29 is 9.53 Å². The summed E-state index contributed by atoms with van der Waals surface area (Å²) in [6, 6.07) is 7.26. The fraction of sp³-hybridized carbons (Fsp3) is 0.0667. The highest BCUT2D eigenvalue weighted by atomic mass is 79.9. The largest absolute Gasteiger partial charge is 0.495 e. The van der Waals surface area contributed by atoms with Crippen LogP contribution in [0.3, 0.4) is 0 Å². The van der Waals surface area contributed by atoms with Crippen LogP contribution in [0.5, 0.6) is 5.75 Å². The first-order valence-electron chi connectivity index (χ1n) is 6.13. The molecule has 0 bridgehead atoms. The topological polar surface area (TPSA) is 51.2 Å². The lowest BCUT2D eigenvalue weighted by molar-refractivity contribution is -0.111. The van der Waals surface area contributed by atoms with Crippen LogP contribution in [0, 0.1) is 0 Å². The second-order valence-electron chi connectivity index (χ2n) is 4.19. The monoisotopic (exact) mass is 488 g/mol. The number of nitrogens with zero attached hydrogens (tertiary/aromatic N) is 1. The van der Waals surface area contributed by atoms with Crippen LogP contribution in [0.4, 0.5) is 5.82 Å². The normalized spacial score (nSPS) is 10.7. The third-order valence-corrected chi connectivity index (χ3v) is 4.15. The zero-order chi connectivity index (χ0) is 16.1. The first-order valence-corrected chi connectivity index (χ1v) is 8.51. The molecule has 2 rings (SSSR count). The first-order chi connectivity index (χ1) is 10.5. The van der Waals surface area contributed by atoms with Crippen molar-refractivity contribution in [1.82, 2.24) is 4.98 Å². The van der Waals surface area contributed by atoms with Gasteiger partial charge in [-0.15, -0.1) is 0 Å². The van der Waals surface area contributed by atoms with Gasteiger partial charge in [-0.2, -0.15) is 0 Å². The number of nitrogens with one attached hydrogen (secondary N) is 1. The van der Waals surface area contributed by atoms with Gasteiger partial charge in [0.05, 0.1) is 11.6 Å². The number of hydrogen-bond donors (Lipinski definition) is 1. The van der Waals surface area contributed by atoms with Crippen LogP contribution in [-0.2, 0) is 4.79 Å². The number of pyridine rings is 1. The molecule has 1 aromatic heterocycles. The molecule has 0 radical (unpaired) electrons. The minimum atomic E-state index is -0.270. The molecule has 1 amide bonds. The van der Waals surface area contributed by atoms with Gasteiger partial charge in [0.2, 0.25) is 5.91 Å². The van der Waals surface area contributed by atoms with Crippen LogP contribution >= 0.6 is 47.8 Å². The summed E-state index contributed by atoms with van der Waals surface area (Å²) in [5.41, 5.74) is 0.780. The van der Waals surface area contributed by atoms with Gasteiger partial charge >= 0.3 is 0 Å². The molecular formula is C15H11Br3N2O2. The van der Waals surface area contributed by atoms with Crippen molar-refractivity contribution in [2.75, 3.05) is 12.4 Å². The van der Waals surface area contributed by atoms with Gasteiger partial charge in [-0.3, -0.25) is 4.79 Å². The van der Waals surface area contributed by atoms with Crippen molar-refractivity contribution in [3.05, 3.63) is 55.5 Å². The highest BCUT2D eigenvalue weighted by molar-refractivity contribution is 9.11. The maximum Gasteiger partial charge on any atom is 0.249 e. The van der Waals surface area contributed by atoms with E-state index >= 15 is 0 Å². The molecule has 0 aliphatic carbocycles. The summed E-state index contributed by atoms with van der Waals surface area (Å²) in [5.74, 6) is 0.877. The summed E-state index contributed by atoms with van der Waals surface area (Å²) in [5, 5.41) is 2.68. The summed E-state index contributed by atoms with van der Waals surface area (Å²) in [6.07, 6.45) is 4.73. The number of benzene rings is 1. The molecule has 1 N–H and O–H groups in total. The molecule has 0 unspecified atom stereocenters. The number of halogens is 3. The van der Waals surface area contributed by atoms with Crippen molar-refractivity contribution in [2.45, 2.75) is 0 Å². The number of aromatic nitrogens is 1. The van der Waals surface area contributed by atoms with Gasteiger partial charge in [-0.25, -0.2) is 4.98 Å². The molecule has 0 spiro atoms. The molecule has 0 fully saturated rings. The van der Waals surface area contributed by atoms with Crippen LogP contribution in [0.2, 0.25) is 0 Å². The van der Waals surface area contributed by atoms with Gasteiger partial charge in [-0.1, -0.05) is 15.9 Å². The molecule has 1 aromatic carbocycles. The Kier molecular flexibility index (Phi) is 6.16. The van der Waals surface area contributed by atoms with Crippen molar-refractivity contribution in [1.29, 1.82) is 0 Å². The van der Waals surface area contributed by atoms with E-state index in [2.05, 4.69) is 58.1 Å². The smallest absolute Gasteiger partial charge is 0.249 e. The molecule has 7 heteroatoms. The number of methoxy groups -OCH3 is 1. The van der Waals surface area contributed by atoms with Crippen LogP contribution < -0.4 is 10.1 Å². The minimum Gasteiger partial charge on any atom is -0.495 e. The lowest BCUT2D eigenvalue weighted by atomic mass is 10.2. The van der Waals surface area contributed by atoms with E-state index in [0.717, 1.165) is 19.0 Å². The van der Waals surface area contributed by atoms with Crippen LogP contribution in [-0.4, -0.2) is 18.0 Å². The van der Waals surface area contributed by atoms with E-state index in [4.69, 9.17) is 4.74 Å². The Morgan fingerprint density at radius 3 is 2.64 bits per heavy atom. The average molecular weight is 491 g/mol. The summed E-state index contributed by atoms with van der Waals surface area (Å²) in [6.45, 7) is 0.